The van der Waals surface area contributed by atoms with E-state index in [0.29, 0.717) is 23.1 Å². The van der Waals surface area contributed by atoms with Crippen molar-refractivity contribution in [2.75, 3.05) is 26.2 Å². The molecule has 1 heterocycles. The van der Waals surface area contributed by atoms with Gasteiger partial charge in [-0.2, -0.15) is 0 Å². The summed E-state index contributed by atoms with van der Waals surface area (Å²) in [4.78, 5) is 15.1. The SMILES string of the molecule is O=C(NCCO)[C@H](c1cc(F)cc(F)c1)C1CN(C(c2ccc(Cl)cc2)c2ccc(Cl)cc2)C1. The molecule has 8 heteroatoms. The maximum Gasteiger partial charge on any atom is 0.228 e. The summed E-state index contributed by atoms with van der Waals surface area (Å²) in [6, 6.07) is 18.3. The van der Waals surface area contributed by atoms with Crippen LogP contribution in [0, 0.1) is 17.6 Å². The molecule has 0 aliphatic carbocycles. The molecule has 2 N–H and O–H groups in total. The van der Waals surface area contributed by atoms with Crippen LogP contribution >= 0.6 is 23.2 Å². The Hall–Kier alpha value is -2.51. The van der Waals surface area contributed by atoms with Gasteiger partial charge in [0.1, 0.15) is 11.6 Å². The molecule has 0 unspecified atom stereocenters. The monoisotopic (exact) mass is 504 g/mol. The molecule has 1 amide bonds. The average molecular weight is 505 g/mol. The van der Waals surface area contributed by atoms with Crippen molar-refractivity contribution < 1.29 is 18.7 Å². The number of hydrogen-bond donors (Lipinski definition) is 2. The molecule has 4 nitrogen and oxygen atoms in total. The molecule has 1 atom stereocenters. The Bertz CT molecular complexity index is 1070. The topological polar surface area (TPSA) is 52.6 Å². The van der Waals surface area contributed by atoms with Crippen LogP contribution in [0.3, 0.4) is 0 Å². The minimum Gasteiger partial charge on any atom is -0.395 e. The number of carbonyl (C=O) groups excluding carboxylic acids is 1. The molecule has 0 spiro atoms. The van der Waals surface area contributed by atoms with Crippen LogP contribution in [-0.4, -0.2) is 42.2 Å². The number of carbonyl (C=O) groups is 1. The Morgan fingerprint density at radius 2 is 1.41 bits per heavy atom. The summed E-state index contributed by atoms with van der Waals surface area (Å²) < 4.78 is 27.9. The lowest BCUT2D eigenvalue weighted by Crippen LogP contribution is -2.53. The fourth-order valence-electron chi connectivity index (χ4n) is 4.56. The van der Waals surface area contributed by atoms with Crippen LogP contribution in [0.4, 0.5) is 8.78 Å². The van der Waals surface area contributed by atoms with E-state index >= 15 is 0 Å². The summed E-state index contributed by atoms with van der Waals surface area (Å²) in [6.07, 6.45) is 0. The van der Waals surface area contributed by atoms with Crippen LogP contribution in [0.15, 0.2) is 66.7 Å². The number of benzene rings is 3. The van der Waals surface area contributed by atoms with Gasteiger partial charge in [0.25, 0.3) is 0 Å². The van der Waals surface area contributed by atoms with E-state index in [1.807, 2.05) is 48.5 Å². The van der Waals surface area contributed by atoms with Gasteiger partial charge < -0.3 is 10.4 Å². The second kappa shape index (κ2) is 10.8. The third-order valence-corrected chi connectivity index (χ3v) is 6.59. The van der Waals surface area contributed by atoms with E-state index in [-0.39, 0.29) is 36.6 Å². The standard InChI is InChI=1S/C26H24Cl2F2N2O2/c27-20-5-1-16(2-6-20)25(17-3-7-21(28)8-4-17)32-14-19(15-32)24(26(34)31-9-10-33)18-11-22(29)13-23(30)12-18/h1-8,11-13,19,24-25,33H,9-10,14-15H2,(H,31,34)/t24-/m1/s1. The molecule has 0 bridgehead atoms. The van der Waals surface area contributed by atoms with Gasteiger partial charge in [-0.05, 0) is 53.1 Å². The summed E-state index contributed by atoms with van der Waals surface area (Å²) in [5.41, 5.74) is 2.35. The van der Waals surface area contributed by atoms with Crippen LogP contribution in [0.25, 0.3) is 0 Å². The smallest absolute Gasteiger partial charge is 0.228 e. The van der Waals surface area contributed by atoms with E-state index in [9.17, 15) is 13.6 Å². The average Bonchev–Trinajstić information content (AvgIpc) is 2.77. The normalized spacial score (nSPS) is 15.2. The predicted octanol–water partition coefficient (Wildman–Crippen LogP) is 5.19. The van der Waals surface area contributed by atoms with Gasteiger partial charge in [-0.3, -0.25) is 9.69 Å². The second-order valence-corrected chi connectivity index (χ2v) is 9.29. The van der Waals surface area contributed by atoms with Gasteiger partial charge in [0.2, 0.25) is 5.91 Å². The van der Waals surface area contributed by atoms with Crippen molar-refractivity contribution in [1.29, 1.82) is 0 Å². The highest BCUT2D eigenvalue weighted by molar-refractivity contribution is 6.30. The van der Waals surface area contributed by atoms with Crippen molar-refractivity contribution in [2.24, 2.45) is 5.92 Å². The molecule has 1 aliphatic heterocycles. The number of rotatable bonds is 8. The molecule has 3 aromatic carbocycles. The number of aliphatic hydroxyl groups is 1. The van der Waals surface area contributed by atoms with E-state index in [0.717, 1.165) is 17.2 Å². The highest BCUT2D eigenvalue weighted by atomic mass is 35.5. The Labute approximate surface area is 207 Å². The van der Waals surface area contributed by atoms with Crippen molar-refractivity contribution >= 4 is 29.1 Å². The molecule has 34 heavy (non-hydrogen) atoms. The number of halogens is 4. The summed E-state index contributed by atoms with van der Waals surface area (Å²) in [6.45, 7) is 0.917. The quantitative estimate of drug-likeness (QED) is 0.444. The van der Waals surface area contributed by atoms with Crippen LogP contribution in [-0.2, 0) is 4.79 Å². The lowest BCUT2D eigenvalue weighted by atomic mass is 9.78. The van der Waals surface area contributed by atoms with E-state index in [1.54, 1.807) is 0 Å². The summed E-state index contributed by atoms with van der Waals surface area (Å²) in [7, 11) is 0. The molecule has 1 fully saturated rings. The Morgan fingerprint density at radius 3 is 1.88 bits per heavy atom. The van der Waals surface area contributed by atoms with Gasteiger partial charge in [-0.15, -0.1) is 0 Å². The fraction of sp³-hybridized carbons (Fsp3) is 0.269. The largest absolute Gasteiger partial charge is 0.395 e. The first-order chi connectivity index (χ1) is 16.4. The Balaban J connectivity index is 1.61. The number of amides is 1. The van der Waals surface area contributed by atoms with E-state index in [2.05, 4.69) is 10.2 Å². The zero-order valence-corrected chi connectivity index (χ0v) is 19.7. The Morgan fingerprint density at radius 1 is 0.912 bits per heavy atom. The van der Waals surface area contributed by atoms with Crippen molar-refractivity contribution in [2.45, 2.75) is 12.0 Å². The van der Waals surface area contributed by atoms with Crippen molar-refractivity contribution in [1.82, 2.24) is 10.2 Å². The summed E-state index contributed by atoms with van der Waals surface area (Å²) >= 11 is 12.2. The van der Waals surface area contributed by atoms with Gasteiger partial charge in [0.05, 0.1) is 18.6 Å². The minimum absolute atomic E-state index is 0.0712. The number of nitrogens with zero attached hydrogens (tertiary/aromatic N) is 1. The van der Waals surface area contributed by atoms with Gasteiger partial charge >= 0.3 is 0 Å². The number of aliphatic hydroxyl groups excluding tert-OH is 1. The maximum atomic E-state index is 14.0. The maximum absolute atomic E-state index is 14.0. The van der Waals surface area contributed by atoms with Gasteiger partial charge in [-0.1, -0.05) is 47.5 Å². The van der Waals surface area contributed by atoms with Crippen LogP contribution in [0.2, 0.25) is 10.0 Å². The van der Waals surface area contributed by atoms with Gasteiger partial charge in [0.15, 0.2) is 0 Å². The van der Waals surface area contributed by atoms with Crippen LogP contribution < -0.4 is 5.32 Å². The lowest BCUT2D eigenvalue weighted by Gasteiger charge is -2.47. The van der Waals surface area contributed by atoms with E-state index < -0.39 is 17.6 Å². The molecular weight excluding hydrogens is 481 g/mol. The molecule has 1 saturated heterocycles. The van der Waals surface area contributed by atoms with Crippen molar-refractivity contribution in [3.8, 4) is 0 Å². The number of hydrogen-bond acceptors (Lipinski definition) is 3. The predicted molar refractivity (Wildman–Crippen MR) is 129 cm³/mol. The number of nitrogens with one attached hydrogen (secondary N) is 1. The minimum atomic E-state index is -0.746. The number of likely N-dealkylation sites (tertiary alicyclic amines) is 1. The highest BCUT2D eigenvalue weighted by Crippen LogP contribution is 2.40. The van der Waals surface area contributed by atoms with Crippen LogP contribution in [0.5, 0.6) is 0 Å². The fourth-order valence-corrected chi connectivity index (χ4v) is 4.81. The van der Waals surface area contributed by atoms with Gasteiger partial charge in [0, 0.05) is 41.7 Å². The Kier molecular flexibility index (Phi) is 7.84. The summed E-state index contributed by atoms with van der Waals surface area (Å²) in [5, 5.41) is 13.0. The molecule has 3 aromatic rings. The molecule has 0 aromatic heterocycles. The second-order valence-electron chi connectivity index (χ2n) is 8.41. The van der Waals surface area contributed by atoms with Crippen LogP contribution in [0.1, 0.15) is 28.7 Å². The lowest BCUT2D eigenvalue weighted by molar-refractivity contribution is -0.126. The van der Waals surface area contributed by atoms with E-state index in [1.165, 1.54) is 12.1 Å². The molecule has 0 radical (unpaired) electrons. The molecule has 178 valence electrons. The van der Waals surface area contributed by atoms with E-state index in [4.69, 9.17) is 28.3 Å². The molecule has 4 rings (SSSR count). The highest BCUT2D eigenvalue weighted by Gasteiger charge is 2.42. The molecular formula is C26H24Cl2F2N2O2. The third kappa shape index (κ3) is 5.58. The zero-order chi connectivity index (χ0) is 24.2. The van der Waals surface area contributed by atoms with Gasteiger partial charge in [-0.25, -0.2) is 8.78 Å². The first kappa shape index (κ1) is 24.6. The summed E-state index contributed by atoms with van der Waals surface area (Å²) in [5.74, 6) is -2.73. The third-order valence-electron chi connectivity index (χ3n) is 6.08. The molecule has 0 saturated carbocycles. The first-order valence-electron chi connectivity index (χ1n) is 10.9. The first-order valence-corrected chi connectivity index (χ1v) is 11.7. The van der Waals surface area contributed by atoms with Crippen molar-refractivity contribution in [3.05, 3.63) is 105 Å². The molecule has 1 aliphatic rings. The van der Waals surface area contributed by atoms with Crippen molar-refractivity contribution in [3.63, 3.8) is 0 Å². The zero-order valence-electron chi connectivity index (χ0n) is 18.2.